The van der Waals surface area contributed by atoms with Gasteiger partial charge in [0.15, 0.2) is 11.5 Å². The second kappa shape index (κ2) is 4.99. The monoisotopic (exact) mass is 288 g/mol. The summed E-state index contributed by atoms with van der Waals surface area (Å²) < 4.78 is 38.8. The minimum Gasteiger partial charge on any atom is -0.480 e. The van der Waals surface area contributed by atoms with Gasteiger partial charge in [-0.15, -0.1) is 0 Å². The first-order chi connectivity index (χ1) is 9.32. The van der Waals surface area contributed by atoms with E-state index in [0.717, 1.165) is 10.6 Å². The van der Waals surface area contributed by atoms with Crippen molar-refractivity contribution in [2.45, 2.75) is 25.6 Å². The van der Waals surface area contributed by atoms with Crippen LogP contribution in [0.4, 0.5) is 19.0 Å². The Morgan fingerprint density at radius 3 is 2.80 bits per heavy atom. The van der Waals surface area contributed by atoms with Gasteiger partial charge in [-0.2, -0.15) is 18.3 Å². The minimum atomic E-state index is -4.57. The number of rotatable bonds is 4. The molecule has 2 N–H and O–H groups in total. The molecule has 2 heterocycles. The molecule has 0 amide bonds. The first-order valence-electron chi connectivity index (χ1n) is 5.74. The van der Waals surface area contributed by atoms with E-state index in [1.54, 1.807) is 6.92 Å². The van der Waals surface area contributed by atoms with Gasteiger partial charge >= 0.3 is 12.1 Å². The molecule has 0 aromatic carbocycles. The third-order valence-electron chi connectivity index (χ3n) is 2.70. The van der Waals surface area contributed by atoms with Crippen molar-refractivity contribution in [3.63, 3.8) is 0 Å². The van der Waals surface area contributed by atoms with E-state index in [1.165, 1.54) is 12.4 Å². The second-order valence-electron chi connectivity index (χ2n) is 4.08. The van der Waals surface area contributed by atoms with Gasteiger partial charge < -0.3 is 10.4 Å². The van der Waals surface area contributed by atoms with Crippen LogP contribution >= 0.6 is 0 Å². The summed E-state index contributed by atoms with van der Waals surface area (Å²) >= 11 is 0. The lowest BCUT2D eigenvalue weighted by Gasteiger charge is -2.13. The Bertz CT molecular complexity index is 638. The van der Waals surface area contributed by atoms with Crippen molar-refractivity contribution in [2.75, 3.05) is 5.32 Å². The van der Waals surface area contributed by atoms with Gasteiger partial charge in [0.25, 0.3) is 0 Å². The molecule has 0 radical (unpaired) electrons. The third kappa shape index (κ3) is 2.65. The van der Waals surface area contributed by atoms with Gasteiger partial charge in [0, 0.05) is 18.5 Å². The lowest BCUT2D eigenvalue weighted by atomic mass is 10.2. The number of anilines is 1. The Hall–Kier alpha value is -2.32. The van der Waals surface area contributed by atoms with Gasteiger partial charge in [0.2, 0.25) is 0 Å². The summed E-state index contributed by atoms with van der Waals surface area (Å²) in [6.45, 7) is 1.64. The summed E-state index contributed by atoms with van der Waals surface area (Å²) in [7, 11) is 0. The number of carbonyl (C=O) groups is 1. The highest BCUT2D eigenvalue weighted by molar-refractivity contribution is 5.79. The van der Waals surface area contributed by atoms with Crippen molar-refractivity contribution in [3.05, 3.63) is 24.2 Å². The lowest BCUT2D eigenvalue weighted by Crippen LogP contribution is -2.28. The highest BCUT2D eigenvalue weighted by atomic mass is 19.4. The van der Waals surface area contributed by atoms with Crippen molar-refractivity contribution in [2.24, 2.45) is 0 Å². The number of alkyl halides is 3. The quantitative estimate of drug-likeness (QED) is 0.899. The van der Waals surface area contributed by atoms with E-state index in [1.807, 2.05) is 0 Å². The molecule has 0 saturated carbocycles. The van der Waals surface area contributed by atoms with Gasteiger partial charge in [-0.3, -0.25) is 0 Å². The number of carboxylic acids is 1. The maximum absolute atomic E-state index is 12.6. The van der Waals surface area contributed by atoms with Crippen LogP contribution in [0.15, 0.2) is 18.5 Å². The molecule has 0 fully saturated rings. The van der Waals surface area contributed by atoms with Crippen LogP contribution in [0.3, 0.4) is 0 Å². The average molecular weight is 288 g/mol. The van der Waals surface area contributed by atoms with Crippen LogP contribution in [-0.2, 0) is 11.0 Å². The van der Waals surface area contributed by atoms with Crippen molar-refractivity contribution in [1.82, 2.24) is 14.6 Å². The molecular weight excluding hydrogens is 277 g/mol. The molecule has 6 nitrogen and oxygen atoms in total. The zero-order chi connectivity index (χ0) is 14.9. The van der Waals surface area contributed by atoms with Crippen molar-refractivity contribution in [3.8, 4) is 0 Å². The topological polar surface area (TPSA) is 79.5 Å². The van der Waals surface area contributed by atoms with Crippen LogP contribution in [-0.4, -0.2) is 31.7 Å². The van der Waals surface area contributed by atoms with E-state index in [4.69, 9.17) is 5.11 Å². The van der Waals surface area contributed by atoms with E-state index in [0.29, 0.717) is 0 Å². The number of halogens is 3. The number of hydrogen-bond donors (Lipinski definition) is 2. The predicted octanol–water partition coefficient (Wildman–Crippen LogP) is 2.02. The fourth-order valence-corrected chi connectivity index (χ4v) is 1.68. The molecule has 108 valence electrons. The maximum Gasteiger partial charge on any atom is 0.435 e. The highest BCUT2D eigenvalue weighted by Gasteiger charge is 2.34. The molecule has 20 heavy (non-hydrogen) atoms. The average Bonchev–Trinajstić information content (AvgIpc) is 2.79. The summed E-state index contributed by atoms with van der Waals surface area (Å²) in [6, 6.07) is -0.109. The number of aliphatic carboxylic acids is 1. The summed E-state index contributed by atoms with van der Waals surface area (Å²) in [5.74, 6) is -1.06. The van der Waals surface area contributed by atoms with Gasteiger partial charge in [0.05, 0.1) is 0 Å². The smallest absolute Gasteiger partial charge is 0.435 e. The number of nitrogens with zero attached hydrogens (tertiary/aromatic N) is 3. The van der Waals surface area contributed by atoms with E-state index < -0.39 is 23.9 Å². The molecule has 2 aromatic heterocycles. The molecule has 0 aliphatic rings. The number of hydrogen-bond acceptors (Lipinski definition) is 4. The Morgan fingerprint density at radius 1 is 1.55 bits per heavy atom. The molecule has 1 atom stereocenters. The van der Waals surface area contributed by atoms with Gasteiger partial charge in [-0.1, -0.05) is 6.92 Å². The standard InChI is InChI=1S/C11H11F3N4O2/c1-2-6(10(19)20)16-9-7-5-8(11(12,13)14)17-18(7)4-3-15-9/h3-6H,2H2,1H3,(H,15,16)(H,19,20). The molecule has 0 aliphatic heterocycles. The molecule has 1 unspecified atom stereocenters. The van der Waals surface area contributed by atoms with E-state index in [2.05, 4.69) is 15.4 Å². The number of aromatic nitrogens is 3. The van der Waals surface area contributed by atoms with Crippen molar-refractivity contribution < 1.29 is 23.1 Å². The maximum atomic E-state index is 12.6. The third-order valence-corrected chi connectivity index (χ3v) is 2.70. The van der Waals surface area contributed by atoms with Gasteiger partial charge in [-0.25, -0.2) is 14.3 Å². The minimum absolute atomic E-state index is 0.0461. The fraction of sp³-hybridized carbons (Fsp3) is 0.364. The number of nitrogens with one attached hydrogen (secondary N) is 1. The molecule has 2 rings (SSSR count). The molecule has 0 bridgehead atoms. The second-order valence-corrected chi connectivity index (χ2v) is 4.08. The van der Waals surface area contributed by atoms with E-state index in [-0.39, 0.29) is 17.8 Å². The molecule has 2 aromatic rings. The first kappa shape index (κ1) is 14.1. The summed E-state index contributed by atoms with van der Waals surface area (Å²) in [4.78, 5) is 14.8. The SMILES string of the molecule is CCC(Nc1nccn2nc(C(F)(F)F)cc12)C(=O)O. The van der Waals surface area contributed by atoms with Crippen LogP contribution < -0.4 is 5.32 Å². The Morgan fingerprint density at radius 2 is 2.25 bits per heavy atom. The summed E-state index contributed by atoms with van der Waals surface area (Å²) in [6.07, 6.45) is -1.80. The van der Waals surface area contributed by atoms with Crippen LogP contribution in [0.25, 0.3) is 5.52 Å². The largest absolute Gasteiger partial charge is 0.480 e. The fourth-order valence-electron chi connectivity index (χ4n) is 1.68. The van der Waals surface area contributed by atoms with Gasteiger partial charge in [-0.05, 0) is 6.42 Å². The zero-order valence-corrected chi connectivity index (χ0v) is 10.3. The van der Waals surface area contributed by atoms with Crippen LogP contribution in [0.5, 0.6) is 0 Å². The van der Waals surface area contributed by atoms with Crippen LogP contribution in [0.2, 0.25) is 0 Å². The molecule has 9 heteroatoms. The first-order valence-corrected chi connectivity index (χ1v) is 5.74. The van der Waals surface area contributed by atoms with Crippen molar-refractivity contribution >= 4 is 17.3 Å². The van der Waals surface area contributed by atoms with Crippen LogP contribution in [0, 0.1) is 0 Å². The molecular formula is C11H11F3N4O2. The molecule has 0 spiro atoms. The van der Waals surface area contributed by atoms with Crippen molar-refractivity contribution in [1.29, 1.82) is 0 Å². The Labute approximate surface area is 111 Å². The Balaban J connectivity index is 2.44. The van der Waals surface area contributed by atoms with E-state index >= 15 is 0 Å². The highest BCUT2D eigenvalue weighted by Crippen LogP contribution is 2.30. The lowest BCUT2D eigenvalue weighted by molar-refractivity contribution is -0.141. The van der Waals surface area contributed by atoms with E-state index in [9.17, 15) is 18.0 Å². The Kier molecular flexibility index (Phi) is 3.51. The number of carboxylic acid groups (broad SMARTS) is 1. The molecule has 0 aliphatic carbocycles. The zero-order valence-electron chi connectivity index (χ0n) is 10.3. The van der Waals surface area contributed by atoms with Crippen LogP contribution in [0.1, 0.15) is 19.0 Å². The normalized spacial score (nSPS) is 13.4. The predicted molar refractivity (Wildman–Crippen MR) is 63.3 cm³/mol. The number of fused-ring (bicyclic) bond motifs is 1. The van der Waals surface area contributed by atoms with Gasteiger partial charge in [0.1, 0.15) is 11.6 Å². The summed E-state index contributed by atoms with van der Waals surface area (Å²) in [5, 5.41) is 14.9. The molecule has 0 saturated heterocycles. The summed E-state index contributed by atoms with van der Waals surface area (Å²) in [5.41, 5.74) is -0.989.